The largest absolute Gasteiger partial charge is 0.367 e. The predicted octanol–water partition coefficient (Wildman–Crippen LogP) is 4.07. The molecule has 3 N–H and O–H groups in total. The second-order valence-electron chi connectivity index (χ2n) is 10.5. The van der Waals surface area contributed by atoms with Crippen LogP contribution in [0.15, 0.2) is 53.5 Å². The van der Waals surface area contributed by atoms with E-state index in [9.17, 15) is 18.4 Å². The molecule has 39 heavy (non-hydrogen) atoms. The van der Waals surface area contributed by atoms with Crippen molar-refractivity contribution in [3.05, 3.63) is 76.3 Å². The lowest BCUT2D eigenvalue weighted by Gasteiger charge is -2.23. The highest BCUT2D eigenvalue weighted by atomic mass is 127. The minimum absolute atomic E-state index is 0.0365. The van der Waals surface area contributed by atoms with Gasteiger partial charge in [0.1, 0.15) is 11.4 Å². The third kappa shape index (κ3) is 5.02. The molecule has 12 heteroatoms. The molecule has 0 saturated carbocycles. The summed E-state index contributed by atoms with van der Waals surface area (Å²) in [6.07, 6.45) is 1.98. The van der Waals surface area contributed by atoms with E-state index >= 15 is 0 Å². The number of nitrogens with zero attached hydrogens (tertiary/aromatic N) is 5. The second kappa shape index (κ2) is 10.3. The summed E-state index contributed by atoms with van der Waals surface area (Å²) in [6.45, 7) is 7.57. The number of hydrogen-bond acceptors (Lipinski definition) is 6. The number of nitrogens with two attached hydrogens (primary N) is 1. The van der Waals surface area contributed by atoms with E-state index in [-0.39, 0.29) is 23.2 Å². The topological polar surface area (TPSA) is 111 Å². The van der Waals surface area contributed by atoms with Crippen LogP contribution in [0.1, 0.15) is 31.3 Å². The average molecular weight is 647 g/mol. The lowest BCUT2D eigenvalue weighted by Crippen LogP contribution is -2.29. The Balaban J connectivity index is 1.57. The van der Waals surface area contributed by atoms with Gasteiger partial charge in [-0.3, -0.25) is 14.3 Å². The van der Waals surface area contributed by atoms with Crippen molar-refractivity contribution in [2.24, 2.45) is 11.7 Å². The zero-order valence-corrected chi connectivity index (χ0v) is 23.8. The van der Waals surface area contributed by atoms with Gasteiger partial charge in [0.25, 0.3) is 11.5 Å². The Hall–Kier alpha value is -3.39. The monoisotopic (exact) mass is 647 g/mol. The van der Waals surface area contributed by atoms with E-state index in [0.717, 1.165) is 39.2 Å². The van der Waals surface area contributed by atoms with E-state index in [1.807, 2.05) is 16.9 Å². The minimum Gasteiger partial charge on any atom is -0.367 e. The van der Waals surface area contributed by atoms with Gasteiger partial charge in [-0.05, 0) is 50.1 Å². The zero-order valence-electron chi connectivity index (χ0n) is 21.7. The number of halogens is 3. The number of para-hydroxylation sites is 1. The maximum absolute atomic E-state index is 14.4. The Morgan fingerprint density at radius 1 is 1.10 bits per heavy atom. The number of carbonyl (C=O) groups is 1. The summed E-state index contributed by atoms with van der Waals surface area (Å²) in [7, 11) is 0. The first kappa shape index (κ1) is 27.2. The third-order valence-corrected chi connectivity index (χ3v) is 8.89. The lowest BCUT2D eigenvalue weighted by molar-refractivity contribution is 0.102. The highest BCUT2D eigenvalue weighted by Gasteiger charge is 2.31. The molecule has 0 spiro atoms. The Morgan fingerprint density at radius 2 is 1.82 bits per heavy atom. The fraction of sp³-hybridized carbons (Fsp3) is 0.333. The number of nitrogens with one attached hydrogen (secondary N) is 1. The summed E-state index contributed by atoms with van der Waals surface area (Å²) in [4.78, 5) is 27.9. The van der Waals surface area contributed by atoms with Gasteiger partial charge in [0.2, 0.25) is 0 Å². The van der Waals surface area contributed by atoms with E-state index < -0.39 is 28.8 Å². The first-order valence-corrected chi connectivity index (χ1v) is 14.0. The molecule has 1 fully saturated rings. The number of carbonyl (C=O) groups excluding carboxylic acids is 1. The highest BCUT2D eigenvalue weighted by Crippen LogP contribution is 2.38. The number of alkyl halides is 1. The van der Waals surface area contributed by atoms with Gasteiger partial charge in [-0.15, -0.1) is 0 Å². The van der Waals surface area contributed by atoms with Crippen LogP contribution in [-0.4, -0.2) is 49.0 Å². The van der Waals surface area contributed by atoms with Gasteiger partial charge in [0.15, 0.2) is 11.6 Å². The van der Waals surface area contributed by atoms with Crippen LogP contribution in [0.2, 0.25) is 0 Å². The molecule has 204 valence electrons. The first-order valence-electron chi connectivity index (χ1n) is 12.5. The van der Waals surface area contributed by atoms with Gasteiger partial charge < -0.3 is 16.0 Å². The fourth-order valence-electron chi connectivity index (χ4n) is 4.64. The number of fused-ring (bicyclic) bond motifs is 1. The van der Waals surface area contributed by atoms with E-state index in [0.29, 0.717) is 23.5 Å². The molecule has 1 amide bonds. The van der Waals surface area contributed by atoms with Crippen molar-refractivity contribution in [2.45, 2.75) is 32.4 Å². The number of rotatable bonds is 6. The molecule has 1 saturated heterocycles. The molecule has 2 aromatic carbocycles. The van der Waals surface area contributed by atoms with Crippen LogP contribution in [0.25, 0.3) is 16.6 Å². The molecule has 1 aliphatic rings. The van der Waals surface area contributed by atoms with Crippen molar-refractivity contribution in [3.63, 3.8) is 0 Å². The van der Waals surface area contributed by atoms with Crippen LogP contribution >= 0.6 is 22.6 Å². The van der Waals surface area contributed by atoms with Crippen LogP contribution in [0, 0.1) is 17.6 Å². The average Bonchev–Trinajstić information content (AvgIpc) is 3.48. The van der Waals surface area contributed by atoms with Crippen LogP contribution in [0.3, 0.4) is 0 Å². The molecule has 1 aliphatic heterocycles. The zero-order chi connectivity index (χ0) is 28.1. The quantitative estimate of drug-likeness (QED) is 0.241. The number of amides is 1. The van der Waals surface area contributed by atoms with Gasteiger partial charge in [0, 0.05) is 41.2 Å². The van der Waals surface area contributed by atoms with Crippen molar-refractivity contribution in [1.82, 2.24) is 19.6 Å². The predicted molar refractivity (Wildman–Crippen MR) is 155 cm³/mol. The number of hydrogen-bond donors (Lipinski definition) is 2. The molecule has 2 aromatic heterocycles. The maximum atomic E-state index is 14.4. The summed E-state index contributed by atoms with van der Waals surface area (Å²) < 4.78 is 32.1. The molecule has 0 bridgehead atoms. The molecule has 0 unspecified atom stereocenters. The Bertz CT molecular complexity index is 1600. The van der Waals surface area contributed by atoms with E-state index in [2.05, 4.69) is 58.7 Å². The summed E-state index contributed by atoms with van der Waals surface area (Å²) >= 11 is 2.33. The molecule has 2 atom stereocenters. The standard InChI is InChI=1S/C27H28F2IN7O2/c1-15-11-35(13-19(15)31)24-16-12-36(27(2,3)14-30)33-20(16)7-8-21(24)32-26(39)22-9-10-23(38)37(34-22)25-17(28)5-4-6-18(25)29/h4-10,12,15,19H,11,13-14,31H2,1-3H3,(H,32,39)/t15-,19+/m1/s1. The molecule has 5 rings (SSSR count). The number of anilines is 2. The van der Waals surface area contributed by atoms with Crippen molar-refractivity contribution >= 4 is 50.8 Å². The summed E-state index contributed by atoms with van der Waals surface area (Å²) in [5.41, 5.74) is 6.58. The van der Waals surface area contributed by atoms with Crippen LogP contribution in [0.5, 0.6) is 0 Å². The van der Waals surface area contributed by atoms with Crippen molar-refractivity contribution in [1.29, 1.82) is 0 Å². The van der Waals surface area contributed by atoms with Gasteiger partial charge >= 0.3 is 0 Å². The SMILES string of the molecule is C[C@@H]1CN(c2c(NC(=O)c3ccc(=O)n(-c4c(F)cccc4F)n3)ccc3nn(C(C)(C)CI)cc23)C[C@@H]1N. The smallest absolute Gasteiger partial charge is 0.276 e. The molecular formula is C27H28F2IN7O2. The van der Waals surface area contributed by atoms with Gasteiger partial charge in [-0.2, -0.15) is 14.9 Å². The number of benzene rings is 2. The van der Waals surface area contributed by atoms with Crippen molar-refractivity contribution < 1.29 is 13.6 Å². The minimum atomic E-state index is -0.971. The van der Waals surface area contributed by atoms with Crippen LogP contribution in [0.4, 0.5) is 20.2 Å². The van der Waals surface area contributed by atoms with Crippen LogP contribution in [-0.2, 0) is 5.54 Å². The van der Waals surface area contributed by atoms with Gasteiger partial charge in [-0.25, -0.2) is 8.78 Å². The van der Waals surface area contributed by atoms with Crippen molar-refractivity contribution in [2.75, 3.05) is 27.7 Å². The van der Waals surface area contributed by atoms with E-state index in [1.54, 1.807) is 6.07 Å². The molecule has 4 aromatic rings. The Morgan fingerprint density at radius 3 is 2.46 bits per heavy atom. The van der Waals surface area contributed by atoms with E-state index in [1.165, 1.54) is 12.1 Å². The number of aromatic nitrogens is 4. The normalized spacial score (nSPS) is 17.7. The molecule has 9 nitrogen and oxygen atoms in total. The highest BCUT2D eigenvalue weighted by molar-refractivity contribution is 14.1. The Labute approximate surface area is 237 Å². The molecule has 0 aliphatic carbocycles. The van der Waals surface area contributed by atoms with Gasteiger partial charge in [0.05, 0.1) is 22.4 Å². The maximum Gasteiger partial charge on any atom is 0.276 e. The first-order chi connectivity index (χ1) is 18.5. The van der Waals surface area contributed by atoms with Gasteiger partial charge in [-0.1, -0.05) is 35.6 Å². The lowest BCUT2D eigenvalue weighted by atomic mass is 10.1. The third-order valence-electron chi connectivity index (χ3n) is 7.03. The fourth-order valence-corrected chi connectivity index (χ4v) is 4.99. The second-order valence-corrected chi connectivity index (χ2v) is 11.2. The molecule has 3 heterocycles. The van der Waals surface area contributed by atoms with Crippen LogP contribution < -0.4 is 21.5 Å². The summed E-state index contributed by atoms with van der Waals surface area (Å²) in [5.74, 6) is -2.34. The van der Waals surface area contributed by atoms with Crippen molar-refractivity contribution in [3.8, 4) is 5.69 Å². The Kier molecular flexibility index (Phi) is 7.18. The summed E-state index contributed by atoms with van der Waals surface area (Å²) in [6, 6.07) is 9.05. The molecule has 0 radical (unpaired) electrons. The van der Waals surface area contributed by atoms with E-state index in [4.69, 9.17) is 10.8 Å². The molecular weight excluding hydrogens is 619 g/mol. The summed E-state index contributed by atoms with van der Waals surface area (Å²) in [5, 5.41) is 12.5.